The van der Waals surface area contributed by atoms with Crippen LogP contribution in [0.15, 0.2) is 33.5 Å². The van der Waals surface area contributed by atoms with Crippen molar-refractivity contribution in [3.8, 4) is 5.75 Å². The fraction of sp³-hybridized carbons (Fsp3) is 0. The van der Waals surface area contributed by atoms with Crippen LogP contribution in [0, 0.1) is 0 Å². The molecule has 0 fully saturated rings. The number of rotatable bonds is 1. The van der Waals surface area contributed by atoms with Crippen LogP contribution in [0.1, 0.15) is 10.4 Å². The second-order valence-corrected chi connectivity index (χ2v) is 2.97. The van der Waals surface area contributed by atoms with Gasteiger partial charge in [-0.1, -0.05) is 0 Å². The fourth-order valence-electron chi connectivity index (χ4n) is 1.28. The van der Waals surface area contributed by atoms with E-state index in [0.29, 0.717) is 0 Å². The first kappa shape index (κ1) is 9.26. The molecule has 2 aromatic rings. The summed E-state index contributed by atoms with van der Waals surface area (Å²) in [6.45, 7) is 0. The van der Waals surface area contributed by atoms with Gasteiger partial charge in [0, 0.05) is 0 Å². The average molecular weight is 206 g/mol. The van der Waals surface area contributed by atoms with Crippen LogP contribution in [0.2, 0.25) is 0 Å². The van der Waals surface area contributed by atoms with Gasteiger partial charge in [-0.15, -0.1) is 0 Å². The van der Waals surface area contributed by atoms with E-state index < -0.39 is 11.6 Å². The van der Waals surface area contributed by atoms with E-state index in [9.17, 15) is 14.7 Å². The third kappa shape index (κ3) is 1.54. The Morgan fingerprint density at radius 1 is 1.27 bits per heavy atom. The molecule has 5 heteroatoms. The lowest BCUT2D eigenvalue weighted by molar-refractivity contribution is 0.0697. The SMILES string of the molecule is O=C(O)c1ccc2oc(=O)cc(O)c2c1. The van der Waals surface area contributed by atoms with Crippen molar-refractivity contribution in [2.75, 3.05) is 0 Å². The van der Waals surface area contributed by atoms with E-state index in [2.05, 4.69) is 0 Å². The zero-order valence-corrected chi connectivity index (χ0v) is 7.43. The van der Waals surface area contributed by atoms with Gasteiger partial charge in [-0.05, 0) is 18.2 Å². The van der Waals surface area contributed by atoms with Crippen LogP contribution in [-0.4, -0.2) is 16.2 Å². The molecular formula is C10H6O5. The number of carboxylic acid groups (broad SMARTS) is 1. The molecule has 0 amide bonds. The highest BCUT2D eigenvalue weighted by Crippen LogP contribution is 2.23. The summed E-state index contributed by atoms with van der Waals surface area (Å²) in [4.78, 5) is 21.5. The Balaban J connectivity index is 2.82. The number of hydrogen-bond donors (Lipinski definition) is 2. The van der Waals surface area contributed by atoms with Crippen LogP contribution in [-0.2, 0) is 0 Å². The highest BCUT2D eigenvalue weighted by molar-refractivity contribution is 5.94. The van der Waals surface area contributed by atoms with Gasteiger partial charge in [0.1, 0.15) is 11.3 Å². The topological polar surface area (TPSA) is 87.7 Å². The Bertz CT molecular complexity index is 596. The predicted octanol–water partition coefficient (Wildman–Crippen LogP) is 1.20. The quantitative estimate of drug-likeness (QED) is 0.684. The first-order chi connectivity index (χ1) is 7.08. The van der Waals surface area contributed by atoms with Gasteiger partial charge >= 0.3 is 11.6 Å². The molecule has 0 unspecified atom stereocenters. The van der Waals surface area contributed by atoms with Crippen molar-refractivity contribution in [1.82, 2.24) is 0 Å². The second kappa shape index (κ2) is 3.13. The lowest BCUT2D eigenvalue weighted by atomic mass is 10.1. The van der Waals surface area contributed by atoms with Crippen molar-refractivity contribution in [3.05, 3.63) is 40.2 Å². The van der Waals surface area contributed by atoms with Gasteiger partial charge in [-0.25, -0.2) is 9.59 Å². The van der Waals surface area contributed by atoms with Crippen molar-refractivity contribution < 1.29 is 19.4 Å². The minimum Gasteiger partial charge on any atom is -0.507 e. The van der Waals surface area contributed by atoms with Crippen molar-refractivity contribution in [3.63, 3.8) is 0 Å². The molecule has 2 rings (SSSR count). The number of hydrogen-bond acceptors (Lipinski definition) is 4. The summed E-state index contributed by atoms with van der Waals surface area (Å²) < 4.78 is 4.77. The number of aromatic hydroxyl groups is 1. The predicted molar refractivity (Wildman–Crippen MR) is 51.1 cm³/mol. The summed E-state index contributed by atoms with van der Waals surface area (Å²) in [5.41, 5.74) is -0.500. The Labute approximate surface area is 83.2 Å². The van der Waals surface area contributed by atoms with E-state index in [-0.39, 0.29) is 22.3 Å². The number of benzene rings is 1. The number of aromatic carboxylic acids is 1. The van der Waals surface area contributed by atoms with E-state index in [1.54, 1.807) is 0 Å². The molecule has 5 nitrogen and oxygen atoms in total. The second-order valence-electron chi connectivity index (χ2n) is 2.97. The largest absolute Gasteiger partial charge is 0.507 e. The van der Waals surface area contributed by atoms with Crippen LogP contribution in [0.5, 0.6) is 5.75 Å². The molecular weight excluding hydrogens is 200 g/mol. The average Bonchev–Trinajstić information content (AvgIpc) is 2.16. The number of fused-ring (bicyclic) bond motifs is 1. The first-order valence-electron chi connectivity index (χ1n) is 4.08. The molecule has 1 heterocycles. The van der Waals surface area contributed by atoms with Crippen molar-refractivity contribution in [1.29, 1.82) is 0 Å². The maximum atomic E-state index is 10.9. The van der Waals surface area contributed by atoms with Crippen molar-refractivity contribution in [2.45, 2.75) is 0 Å². The van der Waals surface area contributed by atoms with E-state index in [1.165, 1.54) is 18.2 Å². The van der Waals surface area contributed by atoms with Gasteiger partial charge in [-0.2, -0.15) is 0 Å². The highest BCUT2D eigenvalue weighted by Gasteiger charge is 2.08. The molecule has 15 heavy (non-hydrogen) atoms. The smallest absolute Gasteiger partial charge is 0.339 e. The standard InChI is InChI=1S/C10H6O5/c11-7-4-9(12)15-8-2-1-5(10(13)14)3-6(7)8/h1-4,11H,(H,13,14). The summed E-state index contributed by atoms with van der Waals surface area (Å²) in [7, 11) is 0. The molecule has 0 aliphatic carbocycles. The maximum absolute atomic E-state index is 10.9. The molecule has 0 aliphatic rings. The molecule has 1 aromatic heterocycles. The van der Waals surface area contributed by atoms with E-state index in [1.807, 2.05) is 0 Å². The summed E-state index contributed by atoms with van der Waals surface area (Å²) in [5.74, 6) is -1.40. The van der Waals surface area contributed by atoms with Gasteiger partial charge in [-0.3, -0.25) is 0 Å². The molecule has 0 spiro atoms. The third-order valence-electron chi connectivity index (χ3n) is 1.97. The molecule has 2 N–H and O–H groups in total. The minimum atomic E-state index is -1.11. The van der Waals surface area contributed by atoms with Crippen LogP contribution >= 0.6 is 0 Å². The summed E-state index contributed by atoms with van der Waals surface area (Å²) >= 11 is 0. The van der Waals surface area contributed by atoms with Crippen molar-refractivity contribution in [2.24, 2.45) is 0 Å². The Morgan fingerprint density at radius 2 is 2.00 bits per heavy atom. The zero-order valence-electron chi connectivity index (χ0n) is 7.43. The van der Waals surface area contributed by atoms with Crippen LogP contribution < -0.4 is 5.63 Å². The molecule has 0 atom stereocenters. The molecule has 0 aliphatic heterocycles. The Kier molecular flexibility index (Phi) is 1.93. The van der Waals surface area contributed by atoms with E-state index in [4.69, 9.17) is 9.52 Å². The van der Waals surface area contributed by atoms with Gasteiger partial charge in [0.15, 0.2) is 0 Å². The summed E-state index contributed by atoms with van der Waals surface area (Å²) in [5, 5.41) is 18.3. The molecule has 1 aromatic carbocycles. The number of carbonyl (C=O) groups is 1. The van der Waals surface area contributed by atoms with Crippen LogP contribution in [0.3, 0.4) is 0 Å². The Morgan fingerprint density at radius 3 is 2.67 bits per heavy atom. The highest BCUT2D eigenvalue weighted by atomic mass is 16.4. The normalized spacial score (nSPS) is 10.4. The third-order valence-corrected chi connectivity index (χ3v) is 1.97. The van der Waals surface area contributed by atoms with Crippen LogP contribution in [0.4, 0.5) is 0 Å². The molecule has 0 saturated carbocycles. The van der Waals surface area contributed by atoms with E-state index in [0.717, 1.165) is 6.07 Å². The van der Waals surface area contributed by atoms with Gasteiger partial charge < -0.3 is 14.6 Å². The molecule has 0 saturated heterocycles. The zero-order chi connectivity index (χ0) is 11.0. The first-order valence-corrected chi connectivity index (χ1v) is 4.08. The van der Waals surface area contributed by atoms with Crippen LogP contribution in [0.25, 0.3) is 11.0 Å². The Hall–Kier alpha value is -2.30. The summed E-state index contributed by atoms with van der Waals surface area (Å²) in [6, 6.07) is 4.77. The lowest BCUT2D eigenvalue weighted by Gasteiger charge is -2.00. The monoisotopic (exact) mass is 206 g/mol. The van der Waals surface area contributed by atoms with Gasteiger partial charge in [0.25, 0.3) is 0 Å². The minimum absolute atomic E-state index is 0.0200. The molecule has 0 bridgehead atoms. The fourth-order valence-corrected chi connectivity index (χ4v) is 1.28. The number of carboxylic acids is 1. The lowest BCUT2D eigenvalue weighted by Crippen LogP contribution is -1.98. The molecule has 0 radical (unpaired) electrons. The van der Waals surface area contributed by atoms with Gasteiger partial charge in [0.2, 0.25) is 0 Å². The van der Waals surface area contributed by atoms with E-state index >= 15 is 0 Å². The van der Waals surface area contributed by atoms with Crippen molar-refractivity contribution >= 4 is 16.9 Å². The molecule has 76 valence electrons. The maximum Gasteiger partial charge on any atom is 0.339 e. The van der Waals surface area contributed by atoms with Gasteiger partial charge in [0.05, 0.1) is 17.0 Å². The summed E-state index contributed by atoms with van der Waals surface area (Å²) in [6.07, 6.45) is 0.